The molecule has 8 heteroatoms. The van der Waals surface area contributed by atoms with Crippen molar-refractivity contribution in [3.63, 3.8) is 0 Å². The van der Waals surface area contributed by atoms with Crippen LogP contribution in [0.4, 0.5) is 11.4 Å². The molecule has 7 nitrogen and oxygen atoms in total. The molecule has 0 saturated heterocycles. The fourth-order valence-corrected chi connectivity index (χ4v) is 3.19. The lowest BCUT2D eigenvalue weighted by Gasteiger charge is -2.12. The Morgan fingerprint density at radius 3 is 2.66 bits per heavy atom. The summed E-state index contributed by atoms with van der Waals surface area (Å²) in [7, 11) is 0. The summed E-state index contributed by atoms with van der Waals surface area (Å²) in [5.41, 5.74) is 2.62. The van der Waals surface area contributed by atoms with E-state index in [1.165, 1.54) is 11.5 Å². The Balaban J connectivity index is 1.95. The normalized spacial score (nSPS) is 10.6. The number of hydrogen-bond acceptors (Lipinski definition) is 4. The second-order valence-electron chi connectivity index (χ2n) is 6.56. The Hall–Kier alpha value is -3.52. The second kappa shape index (κ2) is 8.24. The number of allylic oxidation sites excluding steroid dienone is 1. The average Bonchev–Trinajstić information content (AvgIpc) is 2.67. The highest BCUT2D eigenvalue weighted by molar-refractivity contribution is 7.71. The molecule has 148 valence electrons. The number of hydrogen-bond donors (Lipinski definition) is 3. The summed E-state index contributed by atoms with van der Waals surface area (Å²) in [6, 6.07) is 10.0. The van der Waals surface area contributed by atoms with Crippen molar-refractivity contribution in [2.45, 2.75) is 20.4 Å². The number of rotatable bonds is 5. The van der Waals surface area contributed by atoms with Gasteiger partial charge in [-0.05, 0) is 55.0 Å². The molecule has 2 aromatic carbocycles. The largest absolute Gasteiger partial charge is 0.332 e. The summed E-state index contributed by atoms with van der Waals surface area (Å²) in [4.78, 5) is 39.6. The van der Waals surface area contributed by atoms with Crippen molar-refractivity contribution < 1.29 is 9.59 Å². The fourth-order valence-electron chi connectivity index (χ4n) is 2.92. The standard InChI is InChI=1S/C21H20N4O3S/c1-4-9-25-20(28)16-8-6-14(10-18(16)24-21(25)29)19(27)23-17-11-15(22-13(3)26)7-5-12(17)2/h4-8,10-11H,1,9H2,2-3H3,(H,22,26)(H,23,27)(H,24,29). The third-order valence-corrected chi connectivity index (χ3v) is 4.68. The third kappa shape index (κ3) is 4.33. The van der Waals surface area contributed by atoms with E-state index in [1.807, 2.05) is 6.92 Å². The van der Waals surface area contributed by atoms with Crippen LogP contribution in [-0.4, -0.2) is 21.4 Å². The summed E-state index contributed by atoms with van der Waals surface area (Å²) in [6.45, 7) is 7.20. The number of H-pyrrole nitrogens is 1. The van der Waals surface area contributed by atoms with E-state index >= 15 is 0 Å². The van der Waals surface area contributed by atoms with Crippen molar-refractivity contribution in [3.05, 3.63) is 75.3 Å². The zero-order chi connectivity index (χ0) is 21.1. The van der Waals surface area contributed by atoms with Crippen molar-refractivity contribution >= 4 is 46.3 Å². The topological polar surface area (TPSA) is 96.0 Å². The number of benzene rings is 2. The van der Waals surface area contributed by atoms with Gasteiger partial charge >= 0.3 is 0 Å². The SMILES string of the molecule is C=CCn1c(=S)[nH]c2cc(C(=O)Nc3cc(NC(C)=O)ccc3C)ccc2c1=O. The van der Waals surface area contributed by atoms with Gasteiger partial charge in [0.05, 0.1) is 10.9 Å². The molecule has 3 N–H and O–H groups in total. The minimum atomic E-state index is -0.343. The van der Waals surface area contributed by atoms with E-state index in [9.17, 15) is 14.4 Å². The molecule has 0 aliphatic carbocycles. The van der Waals surface area contributed by atoms with Gasteiger partial charge in [0.1, 0.15) is 0 Å². The number of carbonyl (C=O) groups excluding carboxylic acids is 2. The molecule has 0 unspecified atom stereocenters. The number of nitrogens with zero attached hydrogens (tertiary/aromatic N) is 1. The van der Waals surface area contributed by atoms with Gasteiger partial charge in [0.25, 0.3) is 11.5 Å². The molecule has 0 aliphatic heterocycles. The van der Waals surface area contributed by atoms with E-state index in [2.05, 4.69) is 22.2 Å². The maximum Gasteiger partial charge on any atom is 0.262 e. The predicted molar refractivity (Wildman–Crippen MR) is 117 cm³/mol. The number of aromatic nitrogens is 2. The molecule has 0 radical (unpaired) electrons. The first-order valence-electron chi connectivity index (χ1n) is 8.87. The smallest absolute Gasteiger partial charge is 0.262 e. The summed E-state index contributed by atoms with van der Waals surface area (Å²) in [5.74, 6) is -0.539. The summed E-state index contributed by atoms with van der Waals surface area (Å²) in [6.07, 6.45) is 1.59. The first kappa shape index (κ1) is 20.2. The van der Waals surface area contributed by atoms with Gasteiger partial charge in [0.2, 0.25) is 5.91 Å². The monoisotopic (exact) mass is 408 g/mol. The Kier molecular flexibility index (Phi) is 5.74. The van der Waals surface area contributed by atoms with Crippen LogP contribution >= 0.6 is 12.2 Å². The van der Waals surface area contributed by atoms with Crippen LogP contribution in [0.5, 0.6) is 0 Å². The number of aromatic amines is 1. The van der Waals surface area contributed by atoms with Gasteiger partial charge in [-0.3, -0.25) is 19.0 Å². The molecule has 0 fully saturated rings. The lowest BCUT2D eigenvalue weighted by molar-refractivity contribution is -0.114. The van der Waals surface area contributed by atoms with Gasteiger partial charge in [0, 0.05) is 30.4 Å². The van der Waals surface area contributed by atoms with Crippen LogP contribution in [0.15, 0.2) is 53.8 Å². The van der Waals surface area contributed by atoms with Gasteiger partial charge in [-0.2, -0.15) is 0 Å². The van der Waals surface area contributed by atoms with Gasteiger partial charge in [-0.1, -0.05) is 12.1 Å². The summed E-state index contributed by atoms with van der Waals surface area (Å²) in [5, 5.41) is 5.96. The molecule has 29 heavy (non-hydrogen) atoms. The molecule has 0 atom stereocenters. The van der Waals surface area contributed by atoms with E-state index in [0.29, 0.717) is 34.4 Å². The third-order valence-electron chi connectivity index (χ3n) is 4.36. The average molecular weight is 408 g/mol. The minimum Gasteiger partial charge on any atom is -0.332 e. The van der Waals surface area contributed by atoms with Crippen LogP contribution < -0.4 is 16.2 Å². The van der Waals surface area contributed by atoms with Crippen LogP contribution in [0.2, 0.25) is 0 Å². The Bertz CT molecular complexity index is 1260. The van der Waals surface area contributed by atoms with Crippen molar-refractivity contribution in [2.24, 2.45) is 0 Å². The molecule has 0 aliphatic rings. The molecule has 2 amide bonds. The Morgan fingerprint density at radius 1 is 1.21 bits per heavy atom. The maximum atomic E-state index is 12.7. The van der Waals surface area contributed by atoms with Crippen molar-refractivity contribution in [3.8, 4) is 0 Å². The minimum absolute atomic E-state index is 0.196. The van der Waals surface area contributed by atoms with E-state index < -0.39 is 0 Å². The number of nitrogens with one attached hydrogen (secondary N) is 3. The van der Waals surface area contributed by atoms with Crippen molar-refractivity contribution in [2.75, 3.05) is 10.6 Å². The van der Waals surface area contributed by atoms with E-state index in [0.717, 1.165) is 5.56 Å². The van der Waals surface area contributed by atoms with Gasteiger partial charge in [0.15, 0.2) is 4.77 Å². The van der Waals surface area contributed by atoms with Crippen molar-refractivity contribution in [1.29, 1.82) is 0 Å². The lowest BCUT2D eigenvalue weighted by Crippen LogP contribution is -2.22. The molecule has 0 bridgehead atoms. The Morgan fingerprint density at radius 2 is 1.97 bits per heavy atom. The highest BCUT2D eigenvalue weighted by Gasteiger charge is 2.12. The van der Waals surface area contributed by atoms with Gasteiger partial charge in [-0.15, -0.1) is 6.58 Å². The molecule has 3 aromatic rings. The molecular formula is C21H20N4O3S. The van der Waals surface area contributed by atoms with Crippen LogP contribution in [0.25, 0.3) is 10.9 Å². The quantitative estimate of drug-likeness (QED) is 0.442. The highest BCUT2D eigenvalue weighted by atomic mass is 32.1. The molecule has 1 heterocycles. The second-order valence-corrected chi connectivity index (χ2v) is 6.95. The molecule has 0 spiro atoms. The molecule has 3 rings (SSSR count). The van der Waals surface area contributed by atoms with Crippen LogP contribution in [0.1, 0.15) is 22.8 Å². The number of fused-ring (bicyclic) bond motifs is 1. The van der Waals surface area contributed by atoms with Crippen LogP contribution in [0.3, 0.4) is 0 Å². The van der Waals surface area contributed by atoms with E-state index in [1.54, 1.807) is 42.5 Å². The molecule has 1 aromatic heterocycles. The summed E-state index contributed by atoms with van der Waals surface area (Å²) < 4.78 is 1.67. The molecule has 0 saturated carbocycles. The maximum absolute atomic E-state index is 12.7. The highest BCUT2D eigenvalue weighted by Crippen LogP contribution is 2.21. The number of anilines is 2. The number of aryl methyl sites for hydroxylation is 1. The van der Waals surface area contributed by atoms with E-state index in [-0.39, 0.29) is 22.1 Å². The fraction of sp³-hybridized carbons (Fsp3) is 0.143. The zero-order valence-corrected chi connectivity index (χ0v) is 16.9. The number of amides is 2. The number of carbonyl (C=O) groups is 2. The first-order valence-corrected chi connectivity index (χ1v) is 9.28. The van der Waals surface area contributed by atoms with E-state index in [4.69, 9.17) is 12.2 Å². The Labute approximate surface area is 172 Å². The van der Waals surface area contributed by atoms with Crippen LogP contribution in [0, 0.1) is 11.7 Å². The predicted octanol–water partition coefficient (Wildman–Crippen LogP) is 3.76. The zero-order valence-electron chi connectivity index (χ0n) is 16.0. The lowest BCUT2D eigenvalue weighted by atomic mass is 10.1. The van der Waals surface area contributed by atoms with Crippen LogP contribution in [-0.2, 0) is 11.3 Å². The van der Waals surface area contributed by atoms with Crippen molar-refractivity contribution in [1.82, 2.24) is 9.55 Å². The summed E-state index contributed by atoms with van der Waals surface area (Å²) >= 11 is 5.24. The van der Waals surface area contributed by atoms with Gasteiger partial charge < -0.3 is 15.6 Å². The molecular weight excluding hydrogens is 388 g/mol. The van der Waals surface area contributed by atoms with Gasteiger partial charge in [-0.25, -0.2) is 0 Å². The first-order chi connectivity index (χ1) is 13.8.